The van der Waals surface area contributed by atoms with Gasteiger partial charge in [-0.3, -0.25) is 4.79 Å². The lowest BCUT2D eigenvalue weighted by Gasteiger charge is -2.13. The summed E-state index contributed by atoms with van der Waals surface area (Å²) in [6, 6.07) is 9.35. The lowest BCUT2D eigenvalue weighted by molar-refractivity contribution is -0.139. The molecule has 0 aromatic heterocycles. The minimum Gasteiger partial charge on any atom is -0.490 e. The van der Waals surface area contributed by atoms with Crippen molar-refractivity contribution in [2.75, 3.05) is 33.0 Å². The Kier molecular flexibility index (Phi) is 17.5. The summed E-state index contributed by atoms with van der Waals surface area (Å²) in [5, 5.41) is 8.10. The molecule has 1 N–H and O–H groups in total. The van der Waals surface area contributed by atoms with Crippen LogP contribution in [-0.4, -0.2) is 60.8 Å². The van der Waals surface area contributed by atoms with E-state index in [9.17, 15) is 14.4 Å². The number of aliphatic hydroxyl groups excluding tert-OH is 1. The third-order valence-electron chi connectivity index (χ3n) is 3.84. The Morgan fingerprint density at radius 3 is 2.12 bits per heavy atom. The van der Waals surface area contributed by atoms with Gasteiger partial charge in [0.15, 0.2) is 0 Å². The Hall–Kier alpha value is -3.39. The predicted molar refractivity (Wildman–Crippen MR) is 122 cm³/mol. The number of para-hydroxylation sites is 1. The lowest BCUT2D eigenvalue weighted by Crippen LogP contribution is -2.23. The summed E-state index contributed by atoms with van der Waals surface area (Å²) >= 11 is 0. The van der Waals surface area contributed by atoms with Gasteiger partial charge < -0.3 is 24.2 Å². The van der Waals surface area contributed by atoms with Gasteiger partial charge in [0.25, 0.3) is 0 Å². The van der Waals surface area contributed by atoms with Crippen LogP contribution in [0.1, 0.15) is 25.7 Å². The van der Waals surface area contributed by atoms with Gasteiger partial charge in [-0.1, -0.05) is 44.4 Å². The predicted octanol–water partition coefficient (Wildman–Crippen LogP) is 3.04. The number of likely N-dealkylation sites (tertiary alicyclic amines) is 1. The molecule has 0 unspecified atom stereocenters. The number of hydrogen-bond donors (Lipinski definition) is 1. The first kappa shape index (κ1) is 28.6. The van der Waals surface area contributed by atoms with Crippen LogP contribution in [0.25, 0.3) is 0 Å². The number of carbonyl (C=O) groups excluding carboxylic acids is 3. The summed E-state index contributed by atoms with van der Waals surface area (Å²) in [4.78, 5) is 33.6. The molecule has 0 bridgehead atoms. The van der Waals surface area contributed by atoms with E-state index in [1.165, 1.54) is 6.42 Å². The van der Waals surface area contributed by atoms with Gasteiger partial charge in [0.05, 0.1) is 6.61 Å². The fourth-order valence-electron chi connectivity index (χ4n) is 2.28. The van der Waals surface area contributed by atoms with Gasteiger partial charge in [0, 0.05) is 25.1 Å². The number of amides is 1. The van der Waals surface area contributed by atoms with Crippen LogP contribution in [0.5, 0.6) is 5.75 Å². The molecule has 32 heavy (non-hydrogen) atoms. The molecular formula is C24H33NO7. The number of hydrogen-bond acceptors (Lipinski definition) is 7. The molecule has 1 saturated heterocycles. The van der Waals surface area contributed by atoms with Crippen molar-refractivity contribution >= 4 is 17.8 Å². The highest BCUT2D eigenvalue weighted by molar-refractivity contribution is 5.81. The third-order valence-corrected chi connectivity index (χ3v) is 3.84. The zero-order valence-corrected chi connectivity index (χ0v) is 18.4. The van der Waals surface area contributed by atoms with E-state index >= 15 is 0 Å². The summed E-state index contributed by atoms with van der Waals surface area (Å²) in [6.07, 6.45) is 7.86. The number of esters is 2. The summed E-state index contributed by atoms with van der Waals surface area (Å²) in [5.41, 5.74) is 0. The molecule has 0 radical (unpaired) electrons. The lowest BCUT2D eigenvalue weighted by atomic mass is 10.2. The van der Waals surface area contributed by atoms with E-state index in [0.29, 0.717) is 13.0 Å². The molecular weight excluding hydrogens is 414 g/mol. The molecule has 1 aliphatic rings. The van der Waals surface area contributed by atoms with Crippen molar-refractivity contribution < 1.29 is 33.7 Å². The van der Waals surface area contributed by atoms with E-state index in [-0.39, 0.29) is 25.7 Å². The SMILES string of the molecule is C=CC(=O)OCCO.C=CC(=O)OCCOc1ccccc1.C=CN1CCCCCC1=O. The quantitative estimate of drug-likeness (QED) is 0.353. The zero-order valence-electron chi connectivity index (χ0n) is 18.4. The monoisotopic (exact) mass is 447 g/mol. The first-order valence-corrected chi connectivity index (χ1v) is 10.3. The molecule has 1 fully saturated rings. The fraction of sp³-hybridized carbons (Fsp3) is 0.375. The highest BCUT2D eigenvalue weighted by Gasteiger charge is 2.12. The normalized spacial score (nSPS) is 12.4. The minimum atomic E-state index is -0.501. The molecule has 8 heteroatoms. The Bertz CT molecular complexity index is 704. The first-order chi connectivity index (χ1) is 15.5. The summed E-state index contributed by atoms with van der Waals surface area (Å²) < 4.78 is 14.4. The number of benzene rings is 1. The minimum absolute atomic E-state index is 0.0465. The average Bonchev–Trinajstić information content (AvgIpc) is 3.05. The maximum atomic E-state index is 11.1. The molecule has 1 aromatic rings. The molecule has 0 atom stereocenters. The van der Waals surface area contributed by atoms with Crippen LogP contribution >= 0.6 is 0 Å². The van der Waals surface area contributed by atoms with Crippen LogP contribution in [0.3, 0.4) is 0 Å². The number of aliphatic hydroxyl groups is 1. The molecule has 1 amide bonds. The van der Waals surface area contributed by atoms with Gasteiger partial charge in [0.2, 0.25) is 5.91 Å². The van der Waals surface area contributed by atoms with Crippen molar-refractivity contribution in [3.8, 4) is 5.75 Å². The Labute approximate surface area is 189 Å². The van der Waals surface area contributed by atoms with E-state index in [0.717, 1.165) is 37.3 Å². The topological polar surface area (TPSA) is 102 Å². The smallest absolute Gasteiger partial charge is 0.330 e. The van der Waals surface area contributed by atoms with Gasteiger partial charge in [0.1, 0.15) is 25.6 Å². The number of nitrogens with zero attached hydrogens (tertiary/aromatic N) is 1. The van der Waals surface area contributed by atoms with Crippen LogP contribution in [0.2, 0.25) is 0 Å². The van der Waals surface area contributed by atoms with Crippen molar-refractivity contribution in [1.29, 1.82) is 0 Å². The summed E-state index contributed by atoms with van der Waals surface area (Å²) in [5.74, 6) is 0.0652. The molecule has 1 aromatic carbocycles. The number of ether oxygens (including phenoxy) is 3. The second-order valence-corrected chi connectivity index (χ2v) is 6.21. The van der Waals surface area contributed by atoms with Gasteiger partial charge >= 0.3 is 11.9 Å². The number of rotatable bonds is 9. The van der Waals surface area contributed by atoms with Gasteiger partial charge in [-0.05, 0) is 31.2 Å². The van der Waals surface area contributed by atoms with E-state index in [2.05, 4.69) is 24.5 Å². The van der Waals surface area contributed by atoms with E-state index < -0.39 is 11.9 Å². The Morgan fingerprint density at radius 2 is 1.56 bits per heavy atom. The molecule has 1 aliphatic heterocycles. The van der Waals surface area contributed by atoms with Crippen LogP contribution in [-0.2, 0) is 23.9 Å². The second kappa shape index (κ2) is 19.6. The van der Waals surface area contributed by atoms with Crippen LogP contribution in [0.15, 0.2) is 68.4 Å². The second-order valence-electron chi connectivity index (χ2n) is 6.21. The summed E-state index contributed by atoms with van der Waals surface area (Å²) in [6.45, 7) is 11.4. The highest BCUT2D eigenvalue weighted by Crippen LogP contribution is 2.10. The molecule has 0 aliphatic carbocycles. The largest absolute Gasteiger partial charge is 0.490 e. The Morgan fingerprint density at radius 1 is 0.938 bits per heavy atom. The van der Waals surface area contributed by atoms with Crippen LogP contribution in [0, 0.1) is 0 Å². The molecule has 2 rings (SSSR count). The van der Waals surface area contributed by atoms with Crippen molar-refractivity contribution in [1.82, 2.24) is 4.90 Å². The van der Waals surface area contributed by atoms with Crippen molar-refractivity contribution in [3.63, 3.8) is 0 Å². The Balaban J connectivity index is 0.000000472. The zero-order chi connectivity index (χ0) is 24.0. The number of carbonyl (C=O) groups is 3. The van der Waals surface area contributed by atoms with Gasteiger partial charge in [-0.25, -0.2) is 9.59 Å². The molecule has 176 valence electrons. The molecule has 0 saturated carbocycles. The maximum Gasteiger partial charge on any atom is 0.330 e. The van der Waals surface area contributed by atoms with Crippen LogP contribution in [0.4, 0.5) is 0 Å². The van der Waals surface area contributed by atoms with E-state index in [1.54, 1.807) is 11.1 Å². The molecule has 1 heterocycles. The third kappa shape index (κ3) is 15.4. The van der Waals surface area contributed by atoms with Crippen LogP contribution < -0.4 is 4.74 Å². The molecule has 8 nitrogen and oxygen atoms in total. The standard InChI is InChI=1S/C11H12O3.C8H13NO.C5H8O3/c1-2-11(12)14-9-8-13-10-6-4-3-5-7-10;1-2-9-7-5-3-4-6-8(9)10;1-2-5(7)8-4-3-6/h2-7H,1,8-9H2;2H,1,3-7H2;2,6H,1,3-4H2. The first-order valence-electron chi connectivity index (χ1n) is 10.3. The fourth-order valence-corrected chi connectivity index (χ4v) is 2.28. The van der Waals surface area contributed by atoms with Crippen molar-refractivity contribution in [2.45, 2.75) is 25.7 Å². The van der Waals surface area contributed by atoms with Gasteiger partial charge in [-0.15, -0.1) is 0 Å². The van der Waals surface area contributed by atoms with Crippen molar-refractivity contribution in [3.05, 3.63) is 68.4 Å². The summed E-state index contributed by atoms with van der Waals surface area (Å²) in [7, 11) is 0. The van der Waals surface area contributed by atoms with Gasteiger partial charge in [-0.2, -0.15) is 0 Å². The highest BCUT2D eigenvalue weighted by atomic mass is 16.6. The molecule has 0 spiro atoms. The van der Waals surface area contributed by atoms with E-state index in [4.69, 9.17) is 14.6 Å². The average molecular weight is 448 g/mol. The van der Waals surface area contributed by atoms with Crippen molar-refractivity contribution in [2.24, 2.45) is 0 Å². The maximum absolute atomic E-state index is 11.1. The van der Waals surface area contributed by atoms with E-state index in [1.807, 2.05) is 30.3 Å².